The van der Waals surface area contributed by atoms with Crippen LogP contribution >= 0.6 is 0 Å². The minimum atomic E-state index is -0.566. The van der Waals surface area contributed by atoms with Gasteiger partial charge in [0, 0.05) is 18.6 Å². The van der Waals surface area contributed by atoms with Crippen LogP contribution in [0, 0.1) is 19.8 Å². The van der Waals surface area contributed by atoms with Crippen LogP contribution < -0.4 is 4.74 Å². The summed E-state index contributed by atoms with van der Waals surface area (Å²) in [7, 11) is 3.28. The normalized spacial score (nSPS) is 14.5. The van der Waals surface area contributed by atoms with Gasteiger partial charge in [0.25, 0.3) is 0 Å². The standard InChI is InChI=1S/C14H22O3/c1-9-6-7-12(14(17-5)11(9)3)13(15)10(2)8-16-4/h6-7,10,13,15H,8H2,1-5H3. The molecule has 0 aliphatic rings. The molecule has 0 aliphatic heterocycles. The van der Waals surface area contributed by atoms with Crippen LogP contribution in [0.4, 0.5) is 0 Å². The molecule has 0 amide bonds. The monoisotopic (exact) mass is 238 g/mol. The molecule has 3 nitrogen and oxygen atoms in total. The lowest BCUT2D eigenvalue weighted by Crippen LogP contribution is -2.15. The van der Waals surface area contributed by atoms with Crippen molar-refractivity contribution in [2.75, 3.05) is 20.8 Å². The maximum atomic E-state index is 10.3. The van der Waals surface area contributed by atoms with Crippen LogP contribution in [0.15, 0.2) is 12.1 Å². The molecule has 2 atom stereocenters. The fraction of sp³-hybridized carbons (Fsp3) is 0.571. The van der Waals surface area contributed by atoms with Gasteiger partial charge in [-0.1, -0.05) is 19.1 Å². The summed E-state index contributed by atoms with van der Waals surface area (Å²) in [5.74, 6) is 0.816. The summed E-state index contributed by atoms with van der Waals surface area (Å²) in [6.45, 7) is 6.53. The average molecular weight is 238 g/mol. The van der Waals surface area contributed by atoms with Crippen molar-refractivity contribution in [2.45, 2.75) is 26.9 Å². The second-order valence-corrected chi connectivity index (χ2v) is 4.51. The lowest BCUT2D eigenvalue weighted by atomic mass is 9.94. The van der Waals surface area contributed by atoms with Crippen LogP contribution in [-0.4, -0.2) is 25.9 Å². The van der Waals surface area contributed by atoms with Crippen molar-refractivity contribution in [3.8, 4) is 5.75 Å². The van der Waals surface area contributed by atoms with Gasteiger partial charge in [-0.05, 0) is 25.0 Å². The Morgan fingerprint density at radius 3 is 2.41 bits per heavy atom. The number of rotatable bonds is 5. The third-order valence-corrected chi connectivity index (χ3v) is 3.20. The molecular weight excluding hydrogens is 216 g/mol. The summed E-state index contributed by atoms with van der Waals surface area (Å²) in [5, 5.41) is 10.3. The van der Waals surface area contributed by atoms with Gasteiger partial charge in [0.2, 0.25) is 0 Å². The van der Waals surface area contributed by atoms with Gasteiger partial charge >= 0.3 is 0 Å². The lowest BCUT2D eigenvalue weighted by Gasteiger charge is -2.22. The highest BCUT2D eigenvalue weighted by molar-refractivity contribution is 5.46. The van der Waals surface area contributed by atoms with Gasteiger partial charge in [0.05, 0.1) is 19.8 Å². The van der Waals surface area contributed by atoms with E-state index < -0.39 is 6.10 Å². The van der Waals surface area contributed by atoms with E-state index in [0.717, 1.165) is 22.4 Å². The Bertz CT molecular complexity index is 374. The lowest BCUT2D eigenvalue weighted by molar-refractivity contribution is 0.0551. The molecular formula is C14H22O3. The SMILES string of the molecule is COCC(C)C(O)c1ccc(C)c(C)c1OC. The van der Waals surface area contributed by atoms with E-state index in [4.69, 9.17) is 9.47 Å². The zero-order valence-electron chi connectivity index (χ0n) is 11.3. The molecule has 1 N–H and O–H groups in total. The fourth-order valence-corrected chi connectivity index (χ4v) is 1.98. The Labute approximate surface area is 103 Å². The summed E-state index contributed by atoms with van der Waals surface area (Å²) in [4.78, 5) is 0. The number of aliphatic hydroxyl groups is 1. The first-order valence-corrected chi connectivity index (χ1v) is 5.84. The van der Waals surface area contributed by atoms with E-state index in [0.29, 0.717) is 6.61 Å². The van der Waals surface area contributed by atoms with E-state index in [1.807, 2.05) is 32.9 Å². The molecule has 0 bridgehead atoms. The molecule has 0 fully saturated rings. The van der Waals surface area contributed by atoms with Crippen molar-refractivity contribution in [1.29, 1.82) is 0 Å². The second-order valence-electron chi connectivity index (χ2n) is 4.51. The summed E-state index contributed by atoms with van der Waals surface area (Å²) in [6.07, 6.45) is -0.566. The number of benzene rings is 1. The third-order valence-electron chi connectivity index (χ3n) is 3.20. The molecule has 0 saturated carbocycles. The highest BCUT2D eigenvalue weighted by Gasteiger charge is 2.21. The summed E-state index contributed by atoms with van der Waals surface area (Å²) in [5.41, 5.74) is 3.08. The molecule has 1 aromatic carbocycles. The summed E-state index contributed by atoms with van der Waals surface area (Å²) < 4.78 is 10.5. The third kappa shape index (κ3) is 2.99. The number of aliphatic hydroxyl groups excluding tert-OH is 1. The quantitative estimate of drug-likeness (QED) is 0.857. The van der Waals surface area contributed by atoms with Crippen LogP contribution in [0.5, 0.6) is 5.75 Å². The van der Waals surface area contributed by atoms with Gasteiger partial charge in [0.1, 0.15) is 5.75 Å². The zero-order chi connectivity index (χ0) is 13.0. The number of aryl methyl sites for hydroxylation is 1. The van der Waals surface area contributed by atoms with Gasteiger partial charge in [-0.2, -0.15) is 0 Å². The predicted octanol–water partition coefficient (Wildman–Crippen LogP) is 2.63. The largest absolute Gasteiger partial charge is 0.496 e. The molecule has 0 radical (unpaired) electrons. The highest BCUT2D eigenvalue weighted by atomic mass is 16.5. The van der Waals surface area contributed by atoms with Crippen LogP contribution in [0.2, 0.25) is 0 Å². The Balaban J connectivity index is 3.09. The van der Waals surface area contributed by atoms with Gasteiger partial charge in [-0.25, -0.2) is 0 Å². The molecule has 17 heavy (non-hydrogen) atoms. The Hall–Kier alpha value is -1.06. The average Bonchev–Trinajstić information content (AvgIpc) is 2.31. The van der Waals surface area contributed by atoms with Crippen molar-refractivity contribution in [1.82, 2.24) is 0 Å². The van der Waals surface area contributed by atoms with Gasteiger partial charge in [0.15, 0.2) is 0 Å². The molecule has 0 aromatic heterocycles. The van der Waals surface area contributed by atoms with Crippen LogP contribution in [0.3, 0.4) is 0 Å². The number of hydrogen-bond donors (Lipinski definition) is 1. The molecule has 0 heterocycles. The fourth-order valence-electron chi connectivity index (χ4n) is 1.98. The van der Waals surface area contributed by atoms with Gasteiger partial charge < -0.3 is 14.6 Å². The maximum absolute atomic E-state index is 10.3. The number of hydrogen-bond acceptors (Lipinski definition) is 3. The van der Waals surface area contributed by atoms with E-state index in [9.17, 15) is 5.11 Å². The van der Waals surface area contributed by atoms with E-state index in [-0.39, 0.29) is 5.92 Å². The molecule has 96 valence electrons. The van der Waals surface area contributed by atoms with E-state index in [2.05, 4.69) is 0 Å². The number of ether oxygens (including phenoxy) is 2. The molecule has 2 unspecified atom stereocenters. The van der Waals surface area contributed by atoms with E-state index in [1.165, 1.54) is 0 Å². The highest BCUT2D eigenvalue weighted by Crippen LogP contribution is 2.34. The molecule has 1 rings (SSSR count). The van der Waals surface area contributed by atoms with Crippen molar-refractivity contribution in [2.24, 2.45) is 5.92 Å². The van der Waals surface area contributed by atoms with Crippen LogP contribution in [0.1, 0.15) is 29.7 Å². The van der Waals surface area contributed by atoms with Crippen molar-refractivity contribution < 1.29 is 14.6 Å². The first kappa shape index (κ1) is 14.0. The summed E-state index contributed by atoms with van der Waals surface area (Å²) >= 11 is 0. The summed E-state index contributed by atoms with van der Waals surface area (Å²) in [6, 6.07) is 3.94. The molecule has 3 heteroatoms. The Kier molecular flexibility index (Phi) is 4.97. The van der Waals surface area contributed by atoms with Crippen LogP contribution in [0.25, 0.3) is 0 Å². The van der Waals surface area contributed by atoms with E-state index in [1.54, 1.807) is 14.2 Å². The maximum Gasteiger partial charge on any atom is 0.127 e. The van der Waals surface area contributed by atoms with Crippen molar-refractivity contribution >= 4 is 0 Å². The van der Waals surface area contributed by atoms with Crippen LogP contribution in [-0.2, 0) is 4.74 Å². The predicted molar refractivity (Wildman–Crippen MR) is 68.5 cm³/mol. The molecule has 0 spiro atoms. The molecule has 0 aliphatic carbocycles. The first-order chi connectivity index (χ1) is 8.02. The topological polar surface area (TPSA) is 38.7 Å². The number of methoxy groups -OCH3 is 2. The van der Waals surface area contributed by atoms with Crippen molar-refractivity contribution in [3.05, 3.63) is 28.8 Å². The van der Waals surface area contributed by atoms with Gasteiger partial charge in [-0.3, -0.25) is 0 Å². The smallest absolute Gasteiger partial charge is 0.127 e. The Morgan fingerprint density at radius 2 is 1.88 bits per heavy atom. The Morgan fingerprint density at radius 1 is 1.24 bits per heavy atom. The minimum Gasteiger partial charge on any atom is -0.496 e. The molecule has 1 aromatic rings. The zero-order valence-corrected chi connectivity index (χ0v) is 11.3. The first-order valence-electron chi connectivity index (χ1n) is 5.84. The van der Waals surface area contributed by atoms with Crippen molar-refractivity contribution in [3.63, 3.8) is 0 Å². The van der Waals surface area contributed by atoms with Gasteiger partial charge in [-0.15, -0.1) is 0 Å². The van der Waals surface area contributed by atoms with E-state index >= 15 is 0 Å². The minimum absolute atomic E-state index is 0.0380. The molecule has 0 saturated heterocycles. The second kappa shape index (κ2) is 6.03.